The van der Waals surface area contributed by atoms with Crippen molar-refractivity contribution in [2.24, 2.45) is 0 Å². The lowest BCUT2D eigenvalue weighted by Gasteiger charge is -2.30. The lowest BCUT2D eigenvalue weighted by atomic mass is 9.94. The Morgan fingerprint density at radius 1 is 0.680 bits per heavy atom. The summed E-state index contributed by atoms with van der Waals surface area (Å²) in [5, 5.41) is 0. The molecule has 0 saturated carbocycles. The summed E-state index contributed by atoms with van der Waals surface area (Å²) in [5.74, 6) is -0.780. The van der Waals surface area contributed by atoms with Gasteiger partial charge in [0.15, 0.2) is 0 Å². The van der Waals surface area contributed by atoms with Crippen LogP contribution in [0, 0.1) is 0 Å². The van der Waals surface area contributed by atoms with Gasteiger partial charge < -0.3 is 9.47 Å². The molecule has 2 aliphatic rings. The molecular formula is C22H18O2S. The van der Waals surface area contributed by atoms with Crippen molar-refractivity contribution in [1.82, 2.24) is 0 Å². The van der Waals surface area contributed by atoms with Gasteiger partial charge in [-0.2, -0.15) is 0 Å². The van der Waals surface area contributed by atoms with E-state index in [0.717, 1.165) is 17.5 Å². The topological polar surface area (TPSA) is 18.5 Å². The van der Waals surface area contributed by atoms with Crippen molar-refractivity contribution in [3.63, 3.8) is 0 Å². The van der Waals surface area contributed by atoms with Crippen molar-refractivity contribution in [3.05, 3.63) is 95.1 Å². The third-order valence-electron chi connectivity index (χ3n) is 4.86. The van der Waals surface area contributed by atoms with Crippen LogP contribution in [0.15, 0.2) is 82.6 Å². The van der Waals surface area contributed by atoms with E-state index in [4.69, 9.17) is 9.47 Å². The van der Waals surface area contributed by atoms with Crippen LogP contribution in [0.4, 0.5) is 0 Å². The maximum Gasteiger partial charge on any atom is 0.222 e. The van der Waals surface area contributed by atoms with Gasteiger partial charge in [0.25, 0.3) is 0 Å². The Bertz CT molecular complexity index is 914. The maximum atomic E-state index is 6.14. The molecule has 2 aliphatic heterocycles. The van der Waals surface area contributed by atoms with Crippen LogP contribution in [0.25, 0.3) is 0 Å². The van der Waals surface area contributed by atoms with Crippen LogP contribution in [0.5, 0.6) is 0 Å². The van der Waals surface area contributed by atoms with Crippen LogP contribution in [-0.2, 0) is 21.7 Å². The Labute approximate surface area is 151 Å². The van der Waals surface area contributed by atoms with Crippen LogP contribution in [0.3, 0.4) is 0 Å². The van der Waals surface area contributed by atoms with Crippen LogP contribution in [0.2, 0.25) is 0 Å². The van der Waals surface area contributed by atoms with Crippen LogP contribution in [-0.4, -0.2) is 13.2 Å². The van der Waals surface area contributed by atoms with E-state index in [1.54, 1.807) is 0 Å². The molecule has 3 aromatic rings. The third-order valence-corrected chi connectivity index (χ3v) is 6.10. The third kappa shape index (κ3) is 2.51. The quantitative estimate of drug-likeness (QED) is 0.509. The highest BCUT2D eigenvalue weighted by Crippen LogP contribution is 2.43. The number of ether oxygens (including phenoxy) is 2. The molecule has 0 spiro atoms. The minimum atomic E-state index is -0.780. The Hall–Kier alpha value is -2.07. The first-order chi connectivity index (χ1) is 12.4. The van der Waals surface area contributed by atoms with E-state index in [1.165, 1.54) is 20.9 Å². The second-order valence-corrected chi connectivity index (χ2v) is 7.47. The largest absolute Gasteiger partial charge is 0.340 e. The monoisotopic (exact) mass is 346 g/mol. The molecule has 0 radical (unpaired) electrons. The molecule has 124 valence electrons. The van der Waals surface area contributed by atoms with Crippen molar-refractivity contribution in [2.45, 2.75) is 22.0 Å². The molecule has 2 nitrogen and oxygen atoms in total. The average molecular weight is 346 g/mol. The predicted molar refractivity (Wildman–Crippen MR) is 98.9 cm³/mol. The average Bonchev–Trinajstić information content (AvgIpc) is 3.18. The number of hydrogen-bond acceptors (Lipinski definition) is 3. The molecule has 0 atom stereocenters. The number of hydrogen-bond donors (Lipinski definition) is 0. The van der Waals surface area contributed by atoms with E-state index in [-0.39, 0.29) is 0 Å². The lowest BCUT2D eigenvalue weighted by Crippen LogP contribution is -2.29. The van der Waals surface area contributed by atoms with E-state index in [2.05, 4.69) is 54.6 Å². The second kappa shape index (κ2) is 6.03. The van der Waals surface area contributed by atoms with Gasteiger partial charge >= 0.3 is 0 Å². The highest BCUT2D eigenvalue weighted by Gasteiger charge is 2.41. The molecule has 0 amide bonds. The van der Waals surface area contributed by atoms with E-state index in [9.17, 15) is 0 Å². The number of fused-ring (bicyclic) bond motifs is 2. The Kier molecular flexibility index (Phi) is 3.66. The first-order valence-corrected chi connectivity index (χ1v) is 9.39. The van der Waals surface area contributed by atoms with Gasteiger partial charge in [-0.1, -0.05) is 66.4 Å². The van der Waals surface area contributed by atoms with Gasteiger partial charge in [-0.05, 0) is 35.7 Å². The Balaban J connectivity index is 1.59. The summed E-state index contributed by atoms with van der Waals surface area (Å²) >= 11 is 1.85. The molecule has 0 N–H and O–H groups in total. The van der Waals surface area contributed by atoms with Gasteiger partial charge in [-0.15, -0.1) is 0 Å². The summed E-state index contributed by atoms with van der Waals surface area (Å²) < 4.78 is 12.3. The second-order valence-electron chi connectivity index (χ2n) is 6.39. The smallest absolute Gasteiger partial charge is 0.222 e. The standard InChI is InChI=1S/C22H18O2S/c1-2-7-18(8-3-1)22(23-12-13-24-22)19-10-11-21-17(15-19)14-16-6-4-5-9-20(16)25-21/h1-11,15H,12-14H2. The van der Waals surface area contributed by atoms with E-state index >= 15 is 0 Å². The number of rotatable bonds is 2. The molecule has 3 heteroatoms. The Morgan fingerprint density at radius 2 is 1.40 bits per heavy atom. The summed E-state index contributed by atoms with van der Waals surface area (Å²) in [6.07, 6.45) is 0.956. The van der Waals surface area contributed by atoms with Gasteiger partial charge in [0.1, 0.15) is 0 Å². The lowest BCUT2D eigenvalue weighted by molar-refractivity contribution is -0.130. The molecule has 1 saturated heterocycles. The predicted octanol–water partition coefficient (Wildman–Crippen LogP) is 4.99. The molecule has 0 bridgehead atoms. The van der Waals surface area contributed by atoms with Crippen molar-refractivity contribution >= 4 is 11.8 Å². The zero-order chi connectivity index (χ0) is 16.7. The zero-order valence-corrected chi connectivity index (χ0v) is 14.6. The Morgan fingerprint density at radius 3 is 2.24 bits per heavy atom. The number of benzene rings is 3. The molecule has 1 fully saturated rings. The van der Waals surface area contributed by atoms with Gasteiger partial charge in [0, 0.05) is 20.9 Å². The minimum Gasteiger partial charge on any atom is -0.340 e. The van der Waals surface area contributed by atoms with Gasteiger partial charge in [0.05, 0.1) is 13.2 Å². The van der Waals surface area contributed by atoms with Crippen molar-refractivity contribution in [1.29, 1.82) is 0 Å². The van der Waals surface area contributed by atoms with Gasteiger partial charge in [-0.3, -0.25) is 0 Å². The SMILES string of the molecule is c1ccc(C2(c3ccc4c(c3)Cc3ccccc3S4)OCCO2)cc1. The normalized spacial score (nSPS) is 17.8. The van der Waals surface area contributed by atoms with Crippen LogP contribution in [0.1, 0.15) is 22.3 Å². The van der Waals surface area contributed by atoms with E-state index in [1.807, 2.05) is 30.0 Å². The molecule has 25 heavy (non-hydrogen) atoms. The van der Waals surface area contributed by atoms with Gasteiger partial charge in [-0.25, -0.2) is 0 Å². The maximum absolute atomic E-state index is 6.14. The van der Waals surface area contributed by atoms with Crippen molar-refractivity contribution in [3.8, 4) is 0 Å². The minimum absolute atomic E-state index is 0.615. The van der Waals surface area contributed by atoms with Gasteiger partial charge in [0.2, 0.25) is 5.79 Å². The van der Waals surface area contributed by atoms with Crippen LogP contribution >= 0.6 is 11.8 Å². The van der Waals surface area contributed by atoms with Crippen molar-refractivity contribution in [2.75, 3.05) is 13.2 Å². The first-order valence-electron chi connectivity index (χ1n) is 8.58. The highest BCUT2D eigenvalue weighted by atomic mass is 32.2. The molecule has 0 unspecified atom stereocenters. The molecular weight excluding hydrogens is 328 g/mol. The van der Waals surface area contributed by atoms with E-state index in [0.29, 0.717) is 13.2 Å². The molecule has 2 heterocycles. The summed E-state index contributed by atoms with van der Waals surface area (Å²) in [4.78, 5) is 2.68. The van der Waals surface area contributed by atoms with E-state index < -0.39 is 5.79 Å². The van der Waals surface area contributed by atoms with Crippen molar-refractivity contribution < 1.29 is 9.47 Å². The summed E-state index contributed by atoms with van der Waals surface area (Å²) in [5.41, 5.74) is 4.86. The summed E-state index contributed by atoms with van der Waals surface area (Å²) in [6, 6.07) is 25.5. The van der Waals surface area contributed by atoms with Crippen LogP contribution < -0.4 is 0 Å². The molecule has 0 aliphatic carbocycles. The fourth-order valence-corrected chi connectivity index (χ4v) is 4.72. The fraction of sp³-hybridized carbons (Fsp3) is 0.182. The highest BCUT2D eigenvalue weighted by molar-refractivity contribution is 7.99. The summed E-state index contributed by atoms with van der Waals surface area (Å²) in [6.45, 7) is 1.23. The fourth-order valence-electron chi connectivity index (χ4n) is 3.66. The summed E-state index contributed by atoms with van der Waals surface area (Å²) in [7, 11) is 0. The zero-order valence-electron chi connectivity index (χ0n) is 13.8. The first kappa shape index (κ1) is 15.2. The molecule has 0 aromatic heterocycles. The molecule has 3 aromatic carbocycles. The molecule has 5 rings (SSSR count).